The molecule has 0 aliphatic carbocycles. The van der Waals surface area contributed by atoms with Crippen LogP contribution in [0.4, 0.5) is 0 Å². The largest absolute Gasteiger partial charge is 0.343 e. The molecule has 0 saturated carbocycles. The maximum Gasteiger partial charge on any atom is 0.222 e. The van der Waals surface area contributed by atoms with E-state index >= 15 is 0 Å². The number of hydrogen-bond donors (Lipinski definition) is 0. The van der Waals surface area contributed by atoms with E-state index in [2.05, 4.69) is 11.8 Å². The number of thioether (sulfide) groups is 2. The van der Waals surface area contributed by atoms with E-state index in [-0.39, 0.29) is 0 Å². The van der Waals surface area contributed by atoms with Gasteiger partial charge in [0.1, 0.15) is 0 Å². The SMILES string of the molecule is CC(CCC(=O)N1CCCCC1)=C1SCCCS1. The highest BCUT2D eigenvalue weighted by Crippen LogP contribution is 2.38. The lowest BCUT2D eigenvalue weighted by atomic mass is 10.1. The molecular formula is C14H23NOS2. The number of carbonyl (C=O) groups excluding carboxylic acids is 1. The smallest absolute Gasteiger partial charge is 0.222 e. The van der Waals surface area contributed by atoms with Crippen LogP contribution >= 0.6 is 23.5 Å². The molecule has 2 heterocycles. The molecule has 0 radical (unpaired) electrons. The van der Waals surface area contributed by atoms with Crippen LogP contribution in [0.3, 0.4) is 0 Å². The van der Waals surface area contributed by atoms with Crippen molar-refractivity contribution in [2.45, 2.75) is 45.4 Å². The molecule has 0 aromatic rings. The summed E-state index contributed by atoms with van der Waals surface area (Å²) < 4.78 is 1.48. The average Bonchev–Trinajstić information content (AvgIpc) is 2.46. The monoisotopic (exact) mass is 285 g/mol. The molecule has 102 valence electrons. The third-order valence-electron chi connectivity index (χ3n) is 3.53. The minimum Gasteiger partial charge on any atom is -0.343 e. The number of rotatable bonds is 3. The second kappa shape index (κ2) is 7.49. The summed E-state index contributed by atoms with van der Waals surface area (Å²) in [7, 11) is 0. The van der Waals surface area contributed by atoms with Crippen LogP contribution < -0.4 is 0 Å². The highest BCUT2D eigenvalue weighted by atomic mass is 32.2. The van der Waals surface area contributed by atoms with Gasteiger partial charge >= 0.3 is 0 Å². The number of likely N-dealkylation sites (tertiary alicyclic amines) is 1. The first-order valence-corrected chi connectivity index (χ1v) is 8.97. The van der Waals surface area contributed by atoms with E-state index in [1.807, 2.05) is 23.5 Å². The number of carbonyl (C=O) groups is 1. The molecule has 0 aromatic heterocycles. The van der Waals surface area contributed by atoms with Gasteiger partial charge in [0.05, 0.1) is 0 Å². The standard InChI is InChI=1S/C14H23NOS2/c1-12(14-17-10-5-11-18-14)6-7-13(16)15-8-3-2-4-9-15/h2-11H2,1H3. The molecule has 2 aliphatic rings. The van der Waals surface area contributed by atoms with E-state index in [0.717, 1.165) is 19.5 Å². The van der Waals surface area contributed by atoms with Crippen molar-refractivity contribution in [3.05, 3.63) is 9.81 Å². The highest BCUT2D eigenvalue weighted by molar-refractivity contribution is 8.22. The fourth-order valence-corrected chi connectivity index (χ4v) is 5.04. The predicted molar refractivity (Wildman–Crippen MR) is 81.9 cm³/mol. The molecule has 0 atom stereocenters. The molecule has 0 aromatic carbocycles. The van der Waals surface area contributed by atoms with Gasteiger partial charge in [-0.15, -0.1) is 23.5 Å². The normalized spacial score (nSPS) is 20.9. The summed E-state index contributed by atoms with van der Waals surface area (Å²) in [6.07, 6.45) is 6.65. The third kappa shape index (κ3) is 4.23. The fourth-order valence-electron chi connectivity index (χ4n) is 2.37. The maximum absolute atomic E-state index is 12.1. The Morgan fingerprint density at radius 1 is 1.06 bits per heavy atom. The predicted octanol–water partition coefficient (Wildman–Crippen LogP) is 3.88. The number of allylic oxidation sites excluding steroid dienone is 1. The second-order valence-corrected chi connectivity index (χ2v) is 7.53. The van der Waals surface area contributed by atoms with Crippen LogP contribution in [0.1, 0.15) is 45.4 Å². The van der Waals surface area contributed by atoms with Crippen molar-refractivity contribution in [3.63, 3.8) is 0 Å². The van der Waals surface area contributed by atoms with Gasteiger partial charge in [0.25, 0.3) is 0 Å². The summed E-state index contributed by atoms with van der Waals surface area (Å²) in [5, 5.41) is 0. The molecule has 1 amide bonds. The highest BCUT2D eigenvalue weighted by Gasteiger charge is 2.17. The molecule has 18 heavy (non-hydrogen) atoms. The van der Waals surface area contributed by atoms with Crippen molar-refractivity contribution in [3.8, 4) is 0 Å². The van der Waals surface area contributed by atoms with Crippen LogP contribution in [0, 0.1) is 0 Å². The van der Waals surface area contributed by atoms with Gasteiger partial charge in [-0.2, -0.15) is 0 Å². The van der Waals surface area contributed by atoms with Gasteiger partial charge in [-0.1, -0.05) is 5.57 Å². The molecule has 2 aliphatic heterocycles. The van der Waals surface area contributed by atoms with Gasteiger partial charge in [-0.3, -0.25) is 4.79 Å². The maximum atomic E-state index is 12.1. The van der Waals surface area contributed by atoms with Crippen molar-refractivity contribution < 1.29 is 4.79 Å². The Morgan fingerprint density at radius 3 is 2.39 bits per heavy atom. The summed E-state index contributed by atoms with van der Waals surface area (Å²) in [4.78, 5) is 14.1. The van der Waals surface area contributed by atoms with Crippen molar-refractivity contribution in [2.24, 2.45) is 0 Å². The summed E-state index contributed by atoms with van der Waals surface area (Å²) in [6, 6.07) is 0. The van der Waals surface area contributed by atoms with Gasteiger partial charge in [-0.05, 0) is 50.5 Å². The summed E-state index contributed by atoms with van der Waals surface area (Å²) in [6.45, 7) is 4.17. The van der Waals surface area contributed by atoms with E-state index < -0.39 is 0 Å². The van der Waals surface area contributed by atoms with E-state index in [1.54, 1.807) is 0 Å². The van der Waals surface area contributed by atoms with E-state index in [1.165, 1.54) is 47.0 Å². The molecule has 4 heteroatoms. The minimum absolute atomic E-state index is 0.362. The molecule has 2 rings (SSSR count). The number of nitrogens with zero attached hydrogens (tertiary/aromatic N) is 1. The first-order chi connectivity index (χ1) is 8.77. The number of hydrogen-bond acceptors (Lipinski definition) is 3. The Labute approximate surface area is 119 Å². The van der Waals surface area contributed by atoms with Gasteiger partial charge < -0.3 is 4.90 Å². The summed E-state index contributed by atoms with van der Waals surface area (Å²) in [5.41, 5.74) is 1.43. The number of piperidine rings is 1. The Kier molecular flexibility index (Phi) is 5.96. The molecule has 2 nitrogen and oxygen atoms in total. The van der Waals surface area contributed by atoms with Crippen molar-refractivity contribution in [1.29, 1.82) is 0 Å². The van der Waals surface area contributed by atoms with Crippen LogP contribution in [0.2, 0.25) is 0 Å². The Hall–Kier alpha value is -0.0900. The van der Waals surface area contributed by atoms with Crippen LogP contribution in [0.5, 0.6) is 0 Å². The second-order valence-electron chi connectivity index (χ2n) is 5.06. The topological polar surface area (TPSA) is 20.3 Å². The first kappa shape index (κ1) is 14.3. The zero-order valence-corrected chi connectivity index (χ0v) is 12.9. The Morgan fingerprint density at radius 2 is 1.72 bits per heavy atom. The van der Waals surface area contributed by atoms with Gasteiger partial charge in [0, 0.05) is 23.7 Å². The fraction of sp³-hybridized carbons (Fsp3) is 0.786. The Balaban J connectivity index is 1.77. The summed E-state index contributed by atoms with van der Waals surface area (Å²) >= 11 is 3.95. The Bertz CT molecular complexity index is 314. The molecule has 0 unspecified atom stereocenters. The van der Waals surface area contributed by atoms with E-state index in [0.29, 0.717) is 12.3 Å². The van der Waals surface area contributed by atoms with Gasteiger partial charge in [0.15, 0.2) is 0 Å². The lowest BCUT2D eigenvalue weighted by Gasteiger charge is -2.27. The molecule has 2 fully saturated rings. The molecular weight excluding hydrogens is 262 g/mol. The molecule has 0 spiro atoms. The molecule has 2 saturated heterocycles. The average molecular weight is 285 g/mol. The van der Waals surface area contributed by atoms with E-state index in [4.69, 9.17) is 0 Å². The molecule has 0 N–H and O–H groups in total. The zero-order chi connectivity index (χ0) is 12.8. The van der Waals surface area contributed by atoms with Gasteiger partial charge in [-0.25, -0.2) is 0 Å². The number of amides is 1. The van der Waals surface area contributed by atoms with Crippen molar-refractivity contribution in [2.75, 3.05) is 24.6 Å². The van der Waals surface area contributed by atoms with Crippen LogP contribution in [-0.2, 0) is 4.79 Å². The van der Waals surface area contributed by atoms with Crippen molar-refractivity contribution in [1.82, 2.24) is 4.90 Å². The molecule has 0 bridgehead atoms. The zero-order valence-electron chi connectivity index (χ0n) is 11.2. The van der Waals surface area contributed by atoms with Crippen LogP contribution in [0.15, 0.2) is 9.81 Å². The van der Waals surface area contributed by atoms with Crippen LogP contribution in [-0.4, -0.2) is 35.4 Å². The first-order valence-electron chi connectivity index (χ1n) is 7.00. The summed E-state index contributed by atoms with van der Waals surface area (Å²) in [5.74, 6) is 2.86. The lowest BCUT2D eigenvalue weighted by molar-refractivity contribution is -0.132. The lowest BCUT2D eigenvalue weighted by Crippen LogP contribution is -2.35. The third-order valence-corrected chi connectivity index (χ3v) is 6.44. The van der Waals surface area contributed by atoms with Crippen LogP contribution in [0.25, 0.3) is 0 Å². The quantitative estimate of drug-likeness (QED) is 0.785. The van der Waals surface area contributed by atoms with Crippen molar-refractivity contribution >= 4 is 29.4 Å². The van der Waals surface area contributed by atoms with E-state index in [9.17, 15) is 4.79 Å². The minimum atomic E-state index is 0.362. The van der Waals surface area contributed by atoms with Gasteiger partial charge in [0.2, 0.25) is 5.91 Å².